The van der Waals surface area contributed by atoms with Gasteiger partial charge in [0.1, 0.15) is 5.82 Å². The third-order valence-electron chi connectivity index (χ3n) is 2.87. The molecule has 0 heterocycles. The Morgan fingerprint density at radius 3 is 2.33 bits per heavy atom. The fraction of sp³-hybridized carbons (Fsp3) is 0.455. The third kappa shape index (κ3) is 4.37. The van der Waals surface area contributed by atoms with Crippen molar-refractivity contribution in [2.24, 2.45) is 5.73 Å². The Balaban J connectivity index is 3.20. The predicted octanol–water partition coefficient (Wildman–Crippen LogP) is 0.165. The normalized spacial score (nSPS) is 14.2. The van der Waals surface area contributed by atoms with Crippen LogP contribution in [0.1, 0.15) is 6.92 Å². The Morgan fingerprint density at radius 2 is 1.90 bits per heavy atom. The second kappa shape index (κ2) is 6.26. The van der Waals surface area contributed by atoms with E-state index in [1.54, 1.807) is 6.92 Å². The summed E-state index contributed by atoms with van der Waals surface area (Å²) in [6.07, 6.45) is 0.869. The highest BCUT2D eigenvalue weighted by Gasteiger charge is 2.25. The number of nitrogens with one attached hydrogen (secondary N) is 1. The lowest BCUT2D eigenvalue weighted by atomic mass is 10.3. The number of nitrogens with two attached hydrogens (primary N) is 1. The van der Waals surface area contributed by atoms with Crippen molar-refractivity contribution in [2.75, 3.05) is 24.6 Å². The average Bonchev–Trinajstić information content (AvgIpc) is 2.37. The number of halogens is 1. The Hall–Kier alpha value is -1.23. The van der Waals surface area contributed by atoms with Gasteiger partial charge >= 0.3 is 0 Å². The third-order valence-corrected chi connectivity index (χ3v) is 5.43. The molecule has 1 rings (SSSR count). The van der Waals surface area contributed by atoms with E-state index in [1.807, 2.05) is 4.72 Å². The molecule has 1 aromatic carbocycles. The largest absolute Gasteiger partial charge is 0.329 e. The molecule has 0 aromatic heterocycles. The van der Waals surface area contributed by atoms with Crippen molar-refractivity contribution in [1.29, 1.82) is 0 Å². The van der Waals surface area contributed by atoms with E-state index in [-0.39, 0.29) is 17.1 Å². The van der Waals surface area contributed by atoms with Crippen molar-refractivity contribution in [3.05, 3.63) is 24.0 Å². The highest BCUT2D eigenvalue weighted by atomic mass is 32.2. The predicted molar refractivity (Wildman–Crippen MR) is 78.3 cm³/mol. The zero-order valence-corrected chi connectivity index (χ0v) is 13.5. The van der Waals surface area contributed by atoms with Crippen LogP contribution in [0.25, 0.3) is 0 Å². The summed E-state index contributed by atoms with van der Waals surface area (Å²) in [7, 11) is -6.20. The second-order valence-corrected chi connectivity index (χ2v) is 8.37. The van der Waals surface area contributed by atoms with Crippen LogP contribution >= 0.6 is 0 Å². The number of anilines is 1. The average molecular weight is 339 g/mol. The van der Waals surface area contributed by atoms with Crippen LogP contribution in [0.4, 0.5) is 10.1 Å². The van der Waals surface area contributed by atoms with Gasteiger partial charge in [0, 0.05) is 19.6 Å². The summed E-state index contributed by atoms with van der Waals surface area (Å²) in [4.78, 5) is -0.276. The van der Waals surface area contributed by atoms with Crippen molar-refractivity contribution in [3.8, 4) is 0 Å². The molecule has 120 valence electrons. The Bertz CT molecular complexity index is 719. The van der Waals surface area contributed by atoms with Crippen LogP contribution < -0.4 is 10.5 Å². The van der Waals surface area contributed by atoms with Crippen LogP contribution in [0.5, 0.6) is 0 Å². The highest BCUT2D eigenvalue weighted by molar-refractivity contribution is 7.92. The molecule has 0 amide bonds. The summed E-state index contributed by atoms with van der Waals surface area (Å²) in [6, 6.07) is 2.50. The molecule has 0 aliphatic heterocycles. The molecule has 1 atom stereocenters. The summed E-state index contributed by atoms with van der Waals surface area (Å²) in [6.45, 7) is 1.74. The molecule has 0 saturated heterocycles. The molecule has 7 nitrogen and oxygen atoms in total. The van der Waals surface area contributed by atoms with Crippen LogP contribution in [0.15, 0.2) is 23.1 Å². The lowest BCUT2D eigenvalue weighted by molar-refractivity contribution is 0.394. The van der Waals surface area contributed by atoms with Crippen LogP contribution in [-0.4, -0.2) is 47.0 Å². The van der Waals surface area contributed by atoms with Gasteiger partial charge in [-0.25, -0.2) is 21.2 Å². The summed E-state index contributed by atoms with van der Waals surface area (Å²) >= 11 is 0. The molecule has 3 N–H and O–H groups in total. The molecule has 0 aliphatic rings. The maximum absolute atomic E-state index is 13.8. The molecule has 0 aliphatic carbocycles. The van der Waals surface area contributed by atoms with E-state index in [1.165, 1.54) is 7.05 Å². The maximum atomic E-state index is 13.8. The molecule has 1 aromatic rings. The summed E-state index contributed by atoms with van der Waals surface area (Å²) in [5.41, 5.74) is 5.10. The standard InChI is InChI=1S/C11H18FN3O4S2/c1-8(7-13)15(2)21(18,19)9-4-5-11(10(12)6-9)14-20(3,16)17/h4-6,8,14H,7,13H2,1-3H3. The minimum Gasteiger partial charge on any atom is -0.329 e. The van der Waals surface area contributed by atoms with Crippen LogP contribution in [0.2, 0.25) is 0 Å². The first-order chi connectivity index (χ1) is 9.49. The lowest BCUT2D eigenvalue weighted by Crippen LogP contribution is -2.39. The Morgan fingerprint density at radius 1 is 1.33 bits per heavy atom. The van der Waals surface area contributed by atoms with Gasteiger partial charge in [-0.15, -0.1) is 0 Å². The van der Waals surface area contributed by atoms with E-state index in [0.717, 1.165) is 28.8 Å². The van der Waals surface area contributed by atoms with E-state index < -0.39 is 31.9 Å². The van der Waals surface area contributed by atoms with E-state index in [0.29, 0.717) is 0 Å². The molecule has 0 spiro atoms. The highest BCUT2D eigenvalue weighted by Crippen LogP contribution is 2.22. The minimum absolute atomic E-state index is 0.117. The first kappa shape index (κ1) is 17.8. The monoisotopic (exact) mass is 339 g/mol. The summed E-state index contributed by atoms with van der Waals surface area (Å²) in [5, 5.41) is 0. The van der Waals surface area contributed by atoms with Gasteiger partial charge < -0.3 is 5.73 Å². The quantitative estimate of drug-likeness (QED) is 0.767. The smallest absolute Gasteiger partial charge is 0.243 e. The fourth-order valence-corrected chi connectivity index (χ4v) is 3.44. The van der Waals surface area contributed by atoms with E-state index in [2.05, 4.69) is 0 Å². The molecular formula is C11H18FN3O4S2. The molecule has 0 bridgehead atoms. The number of likely N-dealkylation sites (N-methyl/N-ethyl adjacent to an activating group) is 1. The minimum atomic E-state index is -3.90. The second-order valence-electron chi connectivity index (χ2n) is 4.62. The van der Waals surface area contributed by atoms with Crippen LogP contribution in [0, 0.1) is 5.82 Å². The molecular weight excluding hydrogens is 321 g/mol. The van der Waals surface area contributed by atoms with E-state index >= 15 is 0 Å². The molecule has 1 unspecified atom stereocenters. The van der Waals surface area contributed by atoms with Gasteiger partial charge in [-0.05, 0) is 25.1 Å². The van der Waals surface area contributed by atoms with E-state index in [9.17, 15) is 21.2 Å². The van der Waals surface area contributed by atoms with Crippen molar-refractivity contribution in [2.45, 2.75) is 17.9 Å². The summed E-state index contributed by atoms with van der Waals surface area (Å²) in [5.74, 6) is -0.977. The maximum Gasteiger partial charge on any atom is 0.243 e. The number of hydrogen-bond acceptors (Lipinski definition) is 5. The number of nitrogens with zero attached hydrogens (tertiary/aromatic N) is 1. The van der Waals surface area contributed by atoms with E-state index in [4.69, 9.17) is 5.73 Å². The Labute approximate surface area is 124 Å². The molecule has 21 heavy (non-hydrogen) atoms. The summed E-state index contributed by atoms with van der Waals surface area (Å²) < 4.78 is 63.4. The van der Waals surface area contributed by atoms with Crippen LogP contribution in [-0.2, 0) is 20.0 Å². The van der Waals surface area contributed by atoms with Gasteiger partial charge in [-0.1, -0.05) is 0 Å². The topological polar surface area (TPSA) is 110 Å². The first-order valence-electron chi connectivity index (χ1n) is 5.94. The zero-order valence-electron chi connectivity index (χ0n) is 11.9. The van der Waals surface area contributed by atoms with Crippen molar-refractivity contribution in [3.63, 3.8) is 0 Å². The van der Waals surface area contributed by atoms with Gasteiger partial charge in [0.25, 0.3) is 0 Å². The van der Waals surface area contributed by atoms with Gasteiger partial charge in [0.2, 0.25) is 20.0 Å². The molecule has 0 radical (unpaired) electrons. The molecule has 0 fully saturated rings. The SMILES string of the molecule is CC(CN)N(C)S(=O)(=O)c1ccc(NS(C)(=O)=O)c(F)c1. The number of sulfonamides is 2. The lowest BCUT2D eigenvalue weighted by Gasteiger charge is -2.23. The van der Waals surface area contributed by atoms with Gasteiger partial charge in [-0.2, -0.15) is 4.31 Å². The fourth-order valence-electron chi connectivity index (χ4n) is 1.49. The van der Waals surface area contributed by atoms with Crippen molar-refractivity contribution < 1.29 is 21.2 Å². The molecule has 10 heteroatoms. The van der Waals surface area contributed by atoms with Gasteiger partial charge in [0.15, 0.2) is 0 Å². The number of hydrogen-bond donors (Lipinski definition) is 2. The molecule has 0 saturated carbocycles. The number of benzene rings is 1. The first-order valence-corrected chi connectivity index (χ1v) is 9.27. The van der Waals surface area contributed by atoms with Crippen molar-refractivity contribution >= 4 is 25.7 Å². The van der Waals surface area contributed by atoms with Gasteiger partial charge in [-0.3, -0.25) is 4.72 Å². The zero-order chi connectivity index (χ0) is 16.4. The number of rotatable bonds is 6. The van der Waals surface area contributed by atoms with Crippen LogP contribution in [0.3, 0.4) is 0 Å². The Kier molecular flexibility index (Phi) is 5.31. The van der Waals surface area contributed by atoms with Crippen molar-refractivity contribution in [1.82, 2.24) is 4.31 Å². The van der Waals surface area contributed by atoms with Gasteiger partial charge in [0.05, 0.1) is 16.8 Å².